The normalized spacial score (nSPS) is 10.3. The highest BCUT2D eigenvalue weighted by atomic mass is 19.1. The second-order valence-electron chi connectivity index (χ2n) is 4.38. The van der Waals surface area contributed by atoms with E-state index in [0.717, 1.165) is 6.42 Å². The van der Waals surface area contributed by atoms with Crippen molar-refractivity contribution in [1.82, 2.24) is 9.97 Å². The van der Waals surface area contributed by atoms with Crippen LogP contribution in [0.2, 0.25) is 0 Å². The van der Waals surface area contributed by atoms with Crippen LogP contribution in [0.5, 0.6) is 5.88 Å². The number of aromatic nitrogens is 2. The fourth-order valence-electron chi connectivity index (χ4n) is 1.65. The minimum Gasteiger partial charge on any atom is -0.476 e. The van der Waals surface area contributed by atoms with Crippen molar-refractivity contribution in [3.05, 3.63) is 35.9 Å². The second kappa shape index (κ2) is 6.18. The molecule has 0 atom stereocenters. The van der Waals surface area contributed by atoms with Gasteiger partial charge in [0, 0.05) is 5.69 Å². The summed E-state index contributed by atoms with van der Waals surface area (Å²) >= 11 is 0. The lowest BCUT2D eigenvalue weighted by atomic mass is 10.2. The summed E-state index contributed by atoms with van der Waals surface area (Å²) in [6.07, 6.45) is 2.24. The molecule has 0 fully saturated rings. The lowest BCUT2D eigenvalue weighted by Crippen LogP contribution is -2.06. The SMILES string of the molecule is CCCOc1ncnc(Nc2ccc(F)c(C)c2)c1N. The minimum absolute atomic E-state index is 0.252. The number of nitrogen functional groups attached to an aromatic ring is 1. The Balaban J connectivity index is 2.22. The van der Waals surface area contributed by atoms with Crippen LogP contribution in [0, 0.1) is 12.7 Å². The zero-order chi connectivity index (χ0) is 14.5. The third kappa shape index (κ3) is 3.14. The lowest BCUT2D eigenvalue weighted by molar-refractivity contribution is 0.307. The number of nitrogens with one attached hydrogen (secondary N) is 1. The van der Waals surface area contributed by atoms with Crippen molar-refractivity contribution in [2.24, 2.45) is 0 Å². The number of hydrogen-bond donors (Lipinski definition) is 2. The van der Waals surface area contributed by atoms with Crippen molar-refractivity contribution in [2.45, 2.75) is 20.3 Å². The summed E-state index contributed by atoms with van der Waals surface area (Å²) in [5, 5.41) is 3.03. The maximum absolute atomic E-state index is 13.2. The van der Waals surface area contributed by atoms with Crippen LogP contribution >= 0.6 is 0 Å². The van der Waals surface area contributed by atoms with Crippen LogP contribution in [0.1, 0.15) is 18.9 Å². The van der Waals surface area contributed by atoms with Gasteiger partial charge >= 0.3 is 0 Å². The molecule has 0 unspecified atom stereocenters. The summed E-state index contributed by atoms with van der Waals surface area (Å²) in [5.74, 6) is 0.540. The maximum atomic E-state index is 13.2. The van der Waals surface area contributed by atoms with E-state index in [2.05, 4.69) is 15.3 Å². The molecule has 0 radical (unpaired) electrons. The summed E-state index contributed by atoms with van der Waals surface area (Å²) in [6, 6.07) is 4.70. The summed E-state index contributed by atoms with van der Waals surface area (Å²) < 4.78 is 18.7. The highest BCUT2D eigenvalue weighted by molar-refractivity contribution is 5.72. The summed E-state index contributed by atoms with van der Waals surface area (Å²) in [4.78, 5) is 8.06. The molecule has 3 N–H and O–H groups in total. The Morgan fingerprint density at radius 1 is 1.35 bits per heavy atom. The van der Waals surface area contributed by atoms with Crippen LogP contribution in [-0.2, 0) is 0 Å². The van der Waals surface area contributed by atoms with Gasteiger partial charge in [-0.05, 0) is 37.1 Å². The van der Waals surface area contributed by atoms with Gasteiger partial charge in [-0.1, -0.05) is 6.92 Å². The van der Waals surface area contributed by atoms with E-state index in [-0.39, 0.29) is 5.82 Å². The Hall–Kier alpha value is -2.37. The maximum Gasteiger partial charge on any atom is 0.242 e. The number of nitrogens with two attached hydrogens (primary N) is 1. The van der Waals surface area contributed by atoms with Gasteiger partial charge in [-0.2, -0.15) is 4.98 Å². The molecular weight excluding hydrogens is 259 g/mol. The smallest absolute Gasteiger partial charge is 0.242 e. The Bertz CT molecular complexity index is 604. The number of aryl methyl sites for hydroxylation is 1. The number of rotatable bonds is 5. The first-order valence-electron chi connectivity index (χ1n) is 6.38. The molecular formula is C14H17FN4O. The molecule has 106 valence electrons. The van der Waals surface area contributed by atoms with Crippen LogP contribution in [0.4, 0.5) is 21.6 Å². The Labute approximate surface area is 117 Å². The molecule has 1 aromatic carbocycles. The van der Waals surface area contributed by atoms with Crippen molar-refractivity contribution in [3.8, 4) is 5.88 Å². The number of ether oxygens (including phenoxy) is 1. The number of nitrogens with zero attached hydrogens (tertiary/aromatic N) is 2. The quantitative estimate of drug-likeness (QED) is 0.878. The number of benzene rings is 1. The predicted molar refractivity (Wildman–Crippen MR) is 76.7 cm³/mol. The zero-order valence-corrected chi connectivity index (χ0v) is 11.5. The molecule has 0 aliphatic rings. The molecule has 0 saturated heterocycles. The molecule has 0 saturated carbocycles. The first-order chi connectivity index (χ1) is 9.61. The van der Waals surface area contributed by atoms with E-state index in [0.29, 0.717) is 35.2 Å². The molecule has 5 nitrogen and oxygen atoms in total. The second-order valence-corrected chi connectivity index (χ2v) is 4.38. The summed E-state index contributed by atoms with van der Waals surface area (Å²) in [6.45, 7) is 4.23. The monoisotopic (exact) mass is 276 g/mol. The molecule has 1 heterocycles. The molecule has 2 rings (SSSR count). The van der Waals surface area contributed by atoms with E-state index in [1.165, 1.54) is 12.4 Å². The molecule has 0 bridgehead atoms. The van der Waals surface area contributed by atoms with E-state index < -0.39 is 0 Å². The Kier molecular flexibility index (Phi) is 4.34. The molecule has 0 aliphatic carbocycles. The molecule has 20 heavy (non-hydrogen) atoms. The van der Waals surface area contributed by atoms with Gasteiger partial charge in [0.1, 0.15) is 17.8 Å². The van der Waals surface area contributed by atoms with Crippen LogP contribution in [0.25, 0.3) is 0 Å². The van der Waals surface area contributed by atoms with Crippen LogP contribution in [-0.4, -0.2) is 16.6 Å². The van der Waals surface area contributed by atoms with Gasteiger partial charge < -0.3 is 15.8 Å². The summed E-state index contributed by atoms with van der Waals surface area (Å²) in [5.41, 5.74) is 7.54. The lowest BCUT2D eigenvalue weighted by Gasteiger charge is -2.12. The largest absolute Gasteiger partial charge is 0.476 e. The molecule has 1 aromatic heterocycles. The van der Waals surface area contributed by atoms with Gasteiger partial charge in [-0.25, -0.2) is 9.37 Å². The van der Waals surface area contributed by atoms with E-state index >= 15 is 0 Å². The summed E-state index contributed by atoms with van der Waals surface area (Å²) in [7, 11) is 0. The standard InChI is InChI=1S/C14H17FN4O/c1-3-6-20-14-12(16)13(17-8-18-14)19-10-4-5-11(15)9(2)7-10/h4-5,7-8H,3,6,16H2,1-2H3,(H,17,18,19). The van der Waals surface area contributed by atoms with Gasteiger partial charge in [0.15, 0.2) is 5.82 Å². The average molecular weight is 276 g/mol. The highest BCUT2D eigenvalue weighted by Gasteiger charge is 2.09. The van der Waals surface area contributed by atoms with Gasteiger partial charge in [-0.3, -0.25) is 0 Å². The molecule has 0 aliphatic heterocycles. The van der Waals surface area contributed by atoms with E-state index in [4.69, 9.17) is 10.5 Å². The molecule has 6 heteroatoms. The number of hydrogen-bond acceptors (Lipinski definition) is 5. The van der Waals surface area contributed by atoms with Crippen molar-refractivity contribution in [3.63, 3.8) is 0 Å². The molecule has 0 amide bonds. The fourth-order valence-corrected chi connectivity index (χ4v) is 1.65. The van der Waals surface area contributed by atoms with Gasteiger partial charge in [0.25, 0.3) is 0 Å². The minimum atomic E-state index is -0.252. The molecule has 2 aromatic rings. The van der Waals surface area contributed by atoms with E-state index in [1.807, 2.05) is 6.92 Å². The van der Waals surface area contributed by atoms with Crippen molar-refractivity contribution < 1.29 is 9.13 Å². The van der Waals surface area contributed by atoms with Crippen molar-refractivity contribution in [1.29, 1.82) is 0 Å². The molecule has 0 spiro atoms. The van der Waals surface area contributed by atoms with Gasteiger partial charge in [-0.15, -0.1) is 0 Å². The van der Waals surface area contributed by atoms with Gasteiger partial charge in [0.2, 0.25) is 5.88 Å². The van der Waals surface area contributed by atoms with Crippen molar-refractivity contribution in [2.75, 3.05) is 17.7 Å². The Morgan fingerprint density at radius 2 is 2.15 bits per heavy atom. The third-order valence-electron chi connectivity index (χ3n) is 2.71. The number of anilines is 3. The first kappa shape index (κ1) is 14.0. The highest BCUT2D eigenvalue weighted by Crippen LogP contribution is 2.27. The van der Waals surface area contributed by atoms with Crippen LogP contribution in [0.15, 0.2) is 24.5 Å². The van der Waals surface area contributed by atoms with Crippen molar-refractivity contribution >= 4 is 17.2 Å². The van der Waals surface area contributed by atoms with E-state index in [9.17, 15) is 4.39 Å². The number of halogens is 1. The predicted octanol–water partition coefficient (Wildman–Crippen LogP) is 3.04. The topological polar surface area (TPSA) is 73.1 Å². The first-order valence-corrected chi connectivity index (χ1v) is 6.38. The average Bonchev–Trinajstić information content (AvgIpc) is 2.44. The third-order valence-corrected chi connectivity index (χ3v) is 2.71. The van der Waals surface area contributed by atoms with Crippen LogP contribution < -0.4 is 15.8 Å². The Morgan fingerprint density at radius 3 is 2.85 bits per heavy atom. The van der Waals surface area contributed by atoms with Gasteiger partial charge in [0.05, 0.1) is 6.61 Å². The van der Waals surface area contributed by atoms with Crippen LogP contribution in [0.3, 0.4) is 0 Å². The zero-order valence-electron chi connectivity index (χ0n) is 11.5. The van der Waals surface area contributed by atoms with E-state index in [1.54, 1.807) is 19.1 Å². The fraction of sp³-hybridized carbons (Fsp3) is 0.286.